The fourth-order valence-corrected chi connectivity index (χ4v) is 2.50. The van der Waals surface area contributed by atoms with Crippen LogP contribution in [0.15, 0.2) is 36.4 Å². The third-order valence-corrected chi connectivity index (χ3v) is 3.75. The molecule has 5 nitrogen and oxygen atoms in total. The van der Waals surface area contributed by atoms with Gasteiger partial charge in [-0.3, -0.25) is 14.9 Å². The van der Waals surface area contributed by atoms with Crippen LogP contribution in [0.2, 0.25) is 0 Å². The average Bonchev–Trinajstić information content (AvgIpc) is 2.42. The van der Waals surface area contributed by atoms with Crippen molar-refractivity contribution in [2.45, 2.75) is 13.8 Å². The first kappa shape index (κ1) is 15.4. The zero-order valence-electron chi connectivity index (χ0n) is 11.5. The average molecular weight is 396 g/mol. The lowest BCUT2D eigenvalue weighted by molar-refractivity contribution is -0.385. The van der Waals surface area contributed by atoms with Gasteiger partial charge in [-0.15, -0.1) is 0 Å². The summed E-state index contributed by atoms with van der Waals surface area (Å²) in [6, 6.07) is 10.3. The number of hydrogen-bond acceptors (Lipinski definition) is 3. The zero-order chi connectivity index (χ0) is 15.6. The maximum absolute atomic E-state index is 12.2. The van der Waals surface area contributed by atoms with Gasteiger partial charge >= 0.3 is 0 Å². The molecule has 108 valence electrons. The van der Waals surface area contributed by atoms with Gasteiger partial charge in [0.2, 0.25) is 0 Å². The Morgan fingerprint density at radius 1 is 1.19 bits per heavy atom. The van der Waals surface area contributed by atoms with Gasteiger partial charge in [-0.1, -0.05) is 6.07 Å². The molecule has 0 aromatic heterocycles. The van der Waals surface area contributed by atoms with Crippen molar-refractivity contribution in [2.24, 2.45) is 0 Å². The summed E-state index contributed by atoms with van der Waals surface area (Å²) in [6.45, 7) is 3.38. The lowest BCUT2D eigenvalue weighted by Crippen LogP contribution is -2.13. The second kappa shape index (κ2) is 6.21. The van der Waals surface area contributed by atoms with Crippen molar-refractivity contribution in [3.8, 4) is 0 Å². The lowest BCUT2D eigenvalue weighted by atomic mass is 10.1. The van der Waals surface area contributed by atoms with Crippen LogP contribution in [0.25, 0.3) is 0 Å². The van der Waals surface area contributed by atoms with Crippen LogP contribution in [0.1, 0.15) is 21.5 Å². The molecule has 1 N–H and O–H groups in total. The Morgan fingerprint density at radius 3 is 2.52 bits per heavy atom. The SMILES string of the molecule is Cc1cc([N+](=O)[O-])c(C)cc1NC(=O)c1cccc(I)c1. The Kier molecular flexibility index (Phi) is 4.56. The second-order valence-corrected chi connectivity index (χ2v) is 5.92. The minimum Gasteiger partial charge on any atom is -0.322 e. The van der Waals surface area contributed by atoms with Crippen molar-refractivity contribution >= 4 is 39.9 Å². The largest absolute Gasteiger partial charge is 0.322 e. The van der Waals surface area contributed by atoms with Gasteiger partial charge in [0.25, 0.3) is 11.6 Å². The van der Waals surface area contributed by atoms with Crippen LogP contribution in [0.3, 0.4) is 0 Å². The Labute approximate surface area is 135 Å². The van der Waals surface area contributed by atoms with E-state index in [0.29, 0.717) is 22.4 Å². The van der Waals surface area contributed by atoms with Crippen molar-refractivity contribution in [2.75, 3.05) is 5.32 Å². The number of nitrogens with one attached hydrogen (secondary N) is 1. The number of halogens is 1. The van der Waals surface area contributed by atoms with E-state index < -0.39 is 4.92 Å². The maximum atomic E-state index is 12.2. The predicted molar refractivity (Wildman–Crippen MR) is 89.7 cm³/mol. The molecule has 0 atom stereocenters. The highest BCUT2D eigenvalue weighted by molar-refractivity contribution is 14.1. The number of nitro benzene ring substituents is 1. The van der Waals surface area contributed by atoms with Gasteiger partial charge in [0.15, 0.2) is 0 Å². The van der Waals surface area contributed by atoms with Crippen molar-refractivity contribution in [3.05, 3.63) is 66.8 Å². The van der Waals surface area contributed by atoms with Gasteiger partial charge in [-0.2, -0.15) is 0 Å². The Bertz CT molecular complexity index is 729. The first-order valence-electron chi connectivity index (χ1n) is 6.21. The number of nitro groups is 1. The maximum Gasteiger partial charge on any atom is 0.272 e. The van der Waals surface area contributed by atoms with E-state index in [1.807, 2.05) is 12.1 Å². The van der Waals surface area contributed by atoms with Crippen LogP contribution in [0, 0.1) is 27.5 Å². The number of nitrogens with zero attached hydrogens (tertiary/aromatic N) is 1. The van der Waals surface area contributed by atoms with Crippen LogP contribution in [-0.4, -0.2) is 10.8 Å². The van der Waals surface area contributed by atoms with E-state index >= 15 is 0 Å². The van der Waals surface area contributed by atoms with Crippen LogP contribution in [0.4, 0.5) is 11.4 Å². The number of benzene rings is 2. The fraction of sp³-hybridized carbons (Fsp3) is 0.133. The molecule has 0 aliphatic rings. The highest BCUT2D eigenvalue weighted by Crippen LogP contribution is 2.26. The smallest absolute Gasteiger partial charge is 0.272 e. The number of amides is 1. The van der Waals surface area contributed by atoms with E-state index in [1.54, 1.807) is 32.0 Å². The summed E-state index contributed by atoms with van der Waals surface area (Å²) in [6.07, 6.45) is 0. The highest BCUT2D eigenvalue weighted by atomic mass is 127. The number of hydrogen-bond donors (Lipinski definition) is 1. The predicted octanol–water partition coefficient (Wildman–Crippen LogP) is 4.07. The van der Waals surface area contributed by atoms with Gasteiger partial charge in [-0.05, 0) is 66.3 Å². The molecule has 0 aliphatic carbocycles. The van der Waals surface area contributed by atoms with Gasteiger partial charge in [0.1, 0.15) is 0 Å². The van der Waals surface area contributed by atoms with Crippen LogP contribution in [0.5, 0.6) is 0 Å². The summed E-state index contributed by atoms with van der Waals surface area (Å²) in [5.74, 6) is -0.232. The quantitative estimate of drug-likeness (QED) is 0.483. The number of aryl methyl sites for hydroxylation is 2. The zero-order valence-corrected chi connectivity index (χ0v) is 13.7. The Balaban J connectivity index is 2.30. The van der Waals surface area contributed by atoms with Gasteiger partial charge < -0.3 is 5.32 Å². The molecule has 0 aliphatic heterocycles. The van der Waals surface area contributed by atoms with E-state index in [1.165, 1.54) is 6.07 Å². The number of anilines is 1. The number of carbonyl (C=O) groups excluding carboxylic acids is 1. The molecule has 0 unspecified atom stereocenters. The lowest BCUT2D eigenvalue weighted by Gasteiger charge is -2.10. The minimum absolute atomic E-state index is 0.0553. The Morgan fingerprint density at radius 2 is 1.90 bits per heavy atom. The summed E-state index contributed by atoms with van der Waals surface area (Å²) in [5.41, 5.74) is 2.37. The van der Waals surface area contributed by atoms with Crippen LogP contribution < -0.4 is 5.32 Å². The van der Waals surface area contributed by atoms with Gasteiger partial charge in [-0.25, -0.2) is 0 Å². The topological polar surface area (TPSA) is 72.2 Å². The van der Waals surface area contributed by atoms with Crippen molar-refractivity contribution in [1.82, 2.24) is 0 Å². The fourth-order valence-electron chi connectivity index (χ4n) is 1.96. The van der Waals surface area contributed by atoms with Gasteiger partial charge in [0, 0.05) is 26.5 Å². The van der Waals surface area contributed by atoms with Crippen LogP contribution in [-0.2, 0) is 0 Å². The third-order valence-electron chi connectivity index (χ3n) is 3.07. The van der Waals surface area contributed by atoms with Crippen molar-refractivity contribution in [3.63, 3.8) is 0 Å². The molecule has 0 saturated carbocycles. The Hall–Kier alpha value is -1.96. The van der Waals surface area contributed by atoms with Crippen molar-refractivity contribution in [1.29, 1.82) is 0 Å². The molecule has 21 heavy (non-hydrogen) atoms. The summed E-state index contributed by atoms with van der Waals surface area (Å²) in [4.78, 5) is 22.7. The minimum atomic E-state index is -0.423. The molecule has 0 radical (unpaired) electrons. The molecule has 2 rings (SSSR count). The molecule has 6 heteroatoms. The van der Waals surface area contributed by atoms with Crippen LogP contribution >= 0.6 is 22.6 Å². The van der Waals surface area contributed by atoms with E-state index in [2.05, 4.69) is 27.9 Å². The third kappa shape index (κ3) is 3.57. The normalized spacial score (nSPS) is 10.2. The second-order valence-electron chi connectivity index (χ2n) is 4.68. The molecule has 0 saturated heterocycles. The summed E-state index contributed by atoms with van der Waals surface area (Å²) >= 11 is 2.14. The molecule has 0 spiro atoms. The monoisotopic (exact) mass is 396 g/mol. The molecule has 0 heterocycles. The molecular weight excluding hydrogens is 383 g/mol. The van der Waals surface area contributed by atoms with Crippen molar-refractivity contribution < 1.29 is 9.72 Å². The summed E-state index contributed by atoms with van der Waals surface area (Å²) in [5, 5.41) is 13.7. The molecule has 0 fully saturated rings. The van der Waals surface area contributed by atoms with E-state index in [4.69, 9.17) is 0 Å². The standard InChI is InChI=1S/C15H13IN2O3/c1-9-7-14(18(20)21)10(2)6-13(9)17-15(19)11-4-3-5-12(16)8-11/h3-8H,1-2H3,(H,17,19). The molecule has 0 bridgehead atoms. The van der Waals surface area contributed by atoms with E-state index in [-0.39, 0.29) is 11.6 Å². The first-order valence-corrected chi connectivity index (χ1v) is 7.29. The molecule has 1 amide bonds. The van der Waals surface area contributed by atoms with E-state index in [9.17, 15) is 14.9 Å². The summed E-state index contributed by atoms with van der Waals surface area (Å²) < 4.78 is 0.969. The molecule has 2 aromatic carbocycles. The number of rotatable bonds is 3. The van der Waals surface area contributed by atoms with E-state index in [0.717, 1.165) is 3.57 Å². The number of carbonyl (C=O) groups is 1. The molecule has 2 aromatic rings. The van der Waals surface area contributed by atoms with Gasteiger partial charge in [0.05, 0.1) is 4.92 Å². The molecular formula is C15H13IN2O3. The highest BCUT2D eigenvalue weighted by Gasteiger charge is 2.15. The summed E-state index contributed by atoms with van der Waals surface area (Å²) in [7, 11) is 0. The first-order chi connectivity index (χ1) is 9.88.